The van der Waals surface area contributed by atoms with E-state index in [0.29, 0.717) is 17.9 Å². The van der Waals surface area contributed by atoms with Crippen LogP contribution in [0, 0.1) is 6.92 Å². The topological polar surface area (TPSA) is 76.0 Å². The number of ether oxygens (including phenoxy) is 1. The molecule has 2 aromatic rings. The van der Waals surface area contributed by atoms with E-state index < -0.39 is 16.0 Å². The molecule has 2 aromatic carbocycles. The molecule has 0 spiro atoms. The number of carbonyl (C=O) groups excluding carboxylic acids is 1. The van der Waals surface area contributed by atoms with Crippen LogP contribution in [-0.4, -0.2) is 26.8 Å². The number of rotatable bonds is 3. The molecule has 0 aliphatic carbocycles. The highest BCUT2D eigenvalue weighted by atomic mass is 32.2. The average Bonchev–Trinajstić information content (AvgIpc) is 2.91. The van der Waals surface area contributed by atoms with Crippen molar-refractivity contribution in [3.8, 4) is 0 Å². The third-order valence-electron chi connectivity index (χ3n) is 5.20. The number of aryl methyl sites for hydroxylation is 1. The smallest absolute Gasteiger partial charge is 0.338 e. The van der Waals surface area contributed by atoms with E-state index in [1.807, 2.05) is 36.1 Å². The monoisotopic (exact) mass is 398 g/mol. The van der Waals surface area contributed by atoms with Crippen LogP contribution < -0.4 is 4.90 Å². The van der Waals surface area contributed by atoms with Gasteiger partial charge < -0.3 is 9.64 Å². The molecule has 0 unspecified atom stereocenters. The lowest BCUT2D eigenvalue weighted by molar-refractivity contribution is 0.0472. The van der Waals surface area contributed by atoms with E-state index in [9.17, 15) is 13.2 Å². The summed E-state index contributed by atoms with van der Waals surface area (Å²) in [6.07, 6.45) is 3.62. The molecule has 28 heavy (non-hydrogen) atoms. The molecular formula is C21H22N2O4S. The number of hydrogen-bond donors (Lipinski definition) is 0. The highest BCUT2D eigenvalue weighted by Gasteiger charge is 2.32. The van der Waals surface area contributed by atoms with E-state index in [-0.39, 0.29) is 17.1 Å². The summed E-state index contributed by atoms with van der Waals surface area (Å²) in [7, 11) is -3.82. The zero-order valence-electron chi connectivity index (χ0n) is 15.7. The predicted molar refractivity (Wildman–Crippen MR) is 107 cm³/mol. The first-order valence-corrected chi connectivity index (χ1v) is 10.9. The van der Waals surface area contributed by atoms with E-state index in [2.05, 4.69) is 4.40 Å². The molecule has 0 amide bonds. The Labute approximate surface area is 164 Å². The molecule has 1 saturated heterocycles. The Morgan fingerprint density at radius 3 is 2.79 bits per heavy atom. The quantitative estimate of drug-likeness (QED) is 0.735. The van der Waals surface area contributed by atoms with Gasteiger partial charge in [0.2, 0.25) is 0 Å². The van der Waals surface area contributed by atoms with Crippen molar-refractivity contribution in [2.24, 2.45) is 4.40 Å². The second kappa shape index (κ2) is 7.39. The predicted octanol–water partition coefficient (Wildman–Crippen LogP) is 3.83. The summed E-state index contributed by atoms with van der Waals surface area (Å²) in [4.78, 5) is 14.5. The van der Waals surface area contributed by atoms with Gasteiger partial charge in [0.1, 0.15) is 17.3 Å². The van der Waals surface area contributed by atoms with Crippen molar-refractivity contribution in [2.75, 3.05) is 11.4 Å². The van der Waals surface area contributed by atoms with E-state index in [1.165, 1.54) is 6.07 Å². The first-order chi connectivity index (χ1) is 13.5. The minimum absolute atomic E-state index is 0.0727. The fourth-order valence-corrected chi connectivity index (χ4v) is 4.89. The van der Waals surface area contributed by atoms with Crippen molar-refractivity contribution in [3.05, 3.63) is 59.2 Å². The number of fused-ring (bicyclic) bond motifs is 3. The second-order valence-electron chi connectivity index (χ2n) is 7.13. The minimum atomic E-state index is -3.82. The van der Waals surface area contributed by atoms with Crippen LogP contribution in [0.3, 0.4) is 0 Å². The van der Waals surface area contributed by atoms with Gasteiger partial charge in [0.05, 0.1) is 11.3 Å². The zero-order valence-corrected chi connectivity index (χ0v) is 16.5. The van der Waals surface area contributed by atoms with Crippen LogP contribution in [-0.2, 0) is 21.4 Å². The fourth-order valence-electron chi connectivity index (χ4n) is 3.61. The largest absolute Gasteiger partial charge is 0.457 e. The van der Waals surface area contributed by atoms with Crippen molar-refractivity contribution in [1.82, 2.24) is 0 Å². The summed E-state index contributed by atoms with van der Waals surface area (Å²) in [6, 6.07) is 12.4. The number of nitrogens with zero attached hydrogens (tertiary/aromatic N) is 2. The van der Waals surface area contributed by atoms with Crippen molar-refractivity contribution in [3.63, 3.8) is 0 Å². The lowest BCUT2D eigenvalue weighted by Gasteiger charge is -2.29. The van der Waals surface area contributed by atoms with Gasteiger partial charge in [0.25, 0.3) is 10.0 Å². The number of carbonyl (C=O) groups is 1. The Kier molecular flexibility index (Phi) is 4.93. The maximum Gasteiger partial charge on any atom is 0.338 e. The van der Waals surface area contributed by atoms with Crippen molar-refractivity contribution < 1.29 is 17.9 Å². The van der Waals surface area contributed by atoms with E-state index in [1.54, 1.807) is 12.1 Å². The van der Waals surface area contributed by atoms with E-state index in [0.717, 1.165) is 36.9 Å². The highest BCUT2D eigenvalue weighted by molar-refractivity contribution is 7.90. The Balaban J connectivity index is 1.61. The molecule has 7 heteroatoms. The van der Waals surface area contributed by atoms with Crippen LogP contribution in [0.1, 0.15) is 47.2 Å². The highest BCUT2D eigenvalue weighted by Crippen LogP contribution is 2.35. The van der Waals surface area contributed by atoms with Crippen LogP contribution in [0.5, 0.6) is 0 Å². The number of esters is 1. The van der Waals surface area contributed by atoms with E-state index in [4.69, 9.17) is 4.74 Å². The van der Waals surface area contributed by atoms with Gasteiger partial charge in [-0.1, -0.05) is 30.7 Å². The number of benzene rings is 2. The standard InChI is InChI=1S/C21H22N2O4S/c1-15-7-4-5-8-17(15)14-27-21(24)16-10-11-18-19(13-16)28(25,26)22-20-9-3-2-6-12-23(18)20/h4-5,7-8,10-11,13H,2-3,6,9,12,14H2,1H3. The summed E-state index contributed by atoms with van der Waals surface area (Å²) in [6.45, 7) is 2.83. The van der Waals surface area contributed by atoms with Crippen molar-refractivity contribution >= 4 is 27.5 Å². The lowest BCUT2D eigenvalue weighted by atomic mass is 10.1. The molecule has 1 fully saturated rings. The molecule has 2 heterocycles. The van der Waals surface area contributed by atoms with Crippen LogP contribution in [0.2, 0.25) is 0 Å². The molecule has 0 aromatic heterocycles. The maximum absolute atomic E-state index is 12.7. The molecule has 0 radical (unpaired) electrons. The van der Waals surface area contributed by atoms with Crippen LogP contribution in [0.15, 0.2) is 51.8 Å². The number of anilines is 1. The lowest BCUT2D eigenvalue weighted by Crippen LogP contribution is -2.35. The van der Waals surface area contributed by atoms with Crippen LogP contribution >= 0.6 is 0 Å². The summed E-state index contributed by atoms with van der Waals surface area (Å²) < 4.78 is 34.7. The van der Waals surface area contributed by atoms with Gasteiger partial charge in [0, 0.05) is 13.0 Å². The van der Waals surface area contributed by atoms with Gasteiger partial charge >= 0.3 is 5.97 Å². The van der Waals surface area contributed by atoms with Gasteiger partial charge in [0.15, 0.2) is 0 Å². The number of hydrogen-bond acceptors (Lipinski definition) is 5. The Morgan fingerprint density at radius 2 is 1.96 bits per heavy atom. The van der Waals surface area contributed by atoms with Crippen molar-refractivity contribution in [2.45, 2.75) is 44.1 Å². The van der Waals surface area contributed by atoms with Gasteiger partial charge in [-0.05, 0) is 49.1 Å². The first-order valence-electron chi connectivity index (χ1n) is 9.43. The molecule has 0 saturated carbocycles. The SMILES string of the molecule is Cc1ccccc1COC(=O)c1ccc2c(c1)S(=O)(=O)N=C1CCCCCN12. The third kappa shape index (κ3) is 3.54. The van der Waals surface area contributed by atoms with E-state index >= 15 is 0 Å². The van der Waals surface area contributed by atoms with Crippen LogP contribution in [0.25, 0.3) is 0 Å². The number of amidine groups is 1. The summed E-state index contributed by atoms with van der Waals surface area (Å²) >= 11 is 0. The van der Waals surface area contributed by atoms with Crippen molar-refractivity contribution in [1.29, 1.82) is 0 Å². The van der Waals surface area contributed by atoms with Gasteiger partial charge in [-0.2, -0.15) is 8.42 Å². The fraction of sp³-hybridized carbons (Fsp3) is 0.333. The number of sulfonamides is 1. The molecule has 6 nitrogen and oxygen atoms in total. The van der Waals surface area contributed by atoms with Crippen LogP contribution in [0.4, 0.5) is 5.69 Å². The molecule has 0 bridgehead atoms. The molecule has 146 valence electrons. The molecule has 2 aliphatic rings. The Hall–Kier alpha value is -2.67. The maximum atomic E-state index is 12.7. The molecule has 0 N–H and O–H groups in total. The third-order valence-corrected chi connectivity index (χ3v) is 6.54. The normalized spacial score (nSPS) is 17.8. The van der Waals surface area contributed by atoms with Gasteiger partial charge in [-0.25, -0.2) is 4.79 Å². The summed E-state index contributed by atoms with van der Waals surface area (Å²) in [5.41, 5.74) is 2.76. The Morgan fingerprint density at radius 1 is 1.14 bits per heavy atom. The zero-order chi connectivity index (χ0) is 19.7. The molecule has 2 aliphatic heterocycles. The molecule has 0 atom stereocenters. The molecular weight excluding hydrogens is 376 g/mol. The molecule has 4 rings (SSSR count). The van der Waals surface area contributed by atoms with Gasteiger partial charge in [-0.15, -0.1) is 4.40 Å². The summed E-state index contributed by atoms with van der Waals surface area (Å²) in [5.74, 6) is 0.0479. The average molecular weight is 398 g/mol. The first kappa shape index (κ1) is 18.7. The summed E-state index contributed by atoms with van der Waals surface area (Å²) in [5, 5.41) is 0. The Bertz CT molecular complexity index is 1060. The second-order valence-corrected chi connectivity index (χ2v) is 8.70. The minimum Gasteiger partial charge on any atom is -0.457 e. The van der Waals surface area contributed by atoms with Gasteiger partial charge in [-0.3, -0.25) is 0 Å².